The van der Waals surface area contributed by atoms with Gasteiger partial charge in [0.1, 0.15) is 0 Å². The first-order valence-corrected chi connectivity index (χ1v) is 6.41. The molecule has 1 nitrogen and oxygen atoms in total. The lowest BCUT2D eigenvalue weighted by Crippen LogP contribution is -2.30. The van der Waals surface area contributed by atoms with Crippen LogP contribution in [0.3, 0.4) is 0 Å². The molecule has 86 valence electrons. The van der Waals surface area contributed by atoms with Crippen molar-refractivity contribution in [2.24, 2.45) is 0 Å². The Morgan fingerprint density at radius 2 is 1.87 bits per heavy atom. The van der Waals surface area contributed by atoms with Gasteiger partial charge in [-0.05, 0) is 31.8 Å². The molecule has 1 N–H and O–H groups in total. The Morgan fingerprint density at radius 3 is 2.40 bits per heavy atom. The predicted molar refractivity (Wildman–Crippen MR) is 67.8 cm³/mol. The maximum Gasteiger partial charge on any atom is 0.0258 e. The van der Waals surface area contributed by atoms with E-state index in [1.807, 2.05) is 0 Å². The van der Waals surface area contributed by atoms with Crippen molar-refractivity contribution >= 4 is 0 Å². The molecule has 0 spiro atoms. The van der Waals surface area contributed by atoms with Crippen LogP contribution in [-0.2, 0) is 0 Å². The highest BCUT2D eigenvalue weighted by atomic mass is 14.9. The Balaban J connectivity index is 2.44. The quantitative estimate of drug-likeness (QED) is 0.667. The highest BCUT2D eigenvalue weighted by molar-refractivity contribution is 5.19. The monoisotopic (exact) mass is 207 g/mol. The van der Waals surface area contributed by atoms with E-state index in [9.17, 15) is 0 Å². The molecule has 1 aliphatic rings. The highest BCUT2D eigenvalue weighted by Crippen LogP contribution is 2.19. The zero-order valence-electron chi connectivity index (χ0n) is 10.3. The summed E-state index contributed by atoms with van der Waals surface area (Å²) in [5.41, 5.74) is 2.60. The summed E-state index contributed by atoms with van der Waals surface area (Å²) in [6, 6.07) is 0.717. The minimum absolute atomic E-state index is 0.717. The van der Waals surface area contributed by atoms with Crippen molar-refractivity contribution in [3.8, 4) is 0 Å². The average molecular weight is 207 g/mol. The third-order valence-corrected chi connectivity index (χ3v) is 3.21. The van der Waals surface area contributed by atoms with Crippen LogP contribution in [0.4, 0.5) is 0 Å². The Bertz CT molecular complexity index is 221. The Hall–Kier alpha value is -0.720. The number of hydrogen-bond acceptors (Lipinski definition) is 1. The van der Waals surface area contributed by atoms with Crippen molar-refractivity contribution < 1.29 is 0 Å². The Labute approximate surface area is 94.6 Å². The molecule has 0 aromatic heterocycles. The van der Waals surface area contributed by atoms with Gasteiger partial charge in [0.05, 0.1) is 0 Å². The van der Waals surface area contributed by atoms with Crippen LogP contribution < -0.4 is 5.32 Å². The summed E-state index contributed by atoms with van der Waals surface area (Å²) in [6.45, 7) is 8.41. The summed E-state index contributed by atoms with van der Waals surface area (Å²) >= 11 is 0. The third kappa shape index (κ3) is 4.55. The fraction of sp³-hybridized carbons (Fsp3) is 0.714. The average Bonchev–Trinajstić information content (AvgIpc) is 2.29. The smallest absolute Gasteiger partial charge is 0.0258 e. The van der Waals surface area contributed by atoms with E-state index in [0.29, 0.717) is 0 Å². The molecule has 0 atom stereocenters. The molecule has 0 radical (unpaired) electrons. The van der Waals surface area contributed by atoms with Crippen LogP contribution in [0.5, 0.6) is 0 Å². The number of rotatable bonds is 5. The second-order valence-electron chi connectivity index (χ2n) is 4.51. The van der Waals surface area contributed by atoms with Crippen LogP contribution in [0.1, 0.15) is 58.8 Å². The van der Waals surface area contributed by atoms with Gasteiger partial charge in [-0.15, -0.1) is 0 Å². The number of hydrogen-bond donors (Lipinski definition) is 1. The van der Waals surface area contributed by atoms with Gasteiger partial charge in [0.2, 0.25) is 0 Å². The molecule has 1 rings (SSSR count). The van der Waals surface area contributed by atoms with Crippen molar-refractivity contribution in [2.75, 3.05) is 0 Å². The SMILES string of the molecule is C=C(/C=C(/CC)NC1CCCCC1)CC. The van der Waals surface area contributed by atoms with Crippen LogP contribution >= 0.6 is 0 Å². The molecule has 1 aliphatic carbocycles. The van der Waals surface area contributed by atoms with E-state index in [-0.39, 0.29) is 0 Å². The van der Waals surface area contributed by atoms with E-state index in [0.717, 1.165) is 18.9 Å². The van der Waals surface area contributed by atoms with E-state index in [4.69, 9.17) is 0 Å². The van der Waals surface area contributed by atoms with Gasteiger partial charge in [-0.2, -0.15) is 0 Å². The van der Waals surface area contributed by atoms with Gasteiger partial charge in [-0.25, -0.2) is 0 Å². The van der Waals surface area contributed by atoms with Crippen molar-refractivity contribution in [3.63, 3.8) is 0 Å². The molecule has 0 unspecified atom stereocenters. The summed E-state index contributed by atoms with van der Waals surface area (Å²) in [5, 5.41) is 3.67. The van der Waals surface area contributed by atoms with Gasteiger partial charge in [-0.3, -0.25) is 0 Å². The standard InChI is InChI=1S/C14H25N/c1-4-12(3)11-13(5-2)15-14-9-7-6-8-10-14/h11,14-15H,3-10H2,1-2H3/b13-11-. The Kier molecular flexibility index (Phi) is 5.52. The lowest BCUT2D eigenvalue weighted by Gasteiger charge is -2.25. The molecule has 1 saturated carbocycles. The summed E-state index contributed by atoms with van der Waals surface area (Å²) in [7, 11) is 0. The van der Waals surface area contributed by atoms with Gasteiger partial charge in [0.25, 0.3) is 0 Å². The molecule has 0 heterocycles. The zero-order valence-corrected chi connectivity index (χ0v) is 10.3. The summed E-state index contributed by atoms with van der Waals surface area (Å²) in [4.78, 5) is 0. The molecule has 0 aliphatic heterocycles. The molecule has 1 fully saturated rings. The zero-order chi connectivity index (χ0) is 11.1. The molecule has 0 amide bonds. The normalized spacial score (nSPS) is 18.9. The molecule has 0 aromatic carbocycles. The first-order valence-electron chi connectivity index (χ1n) is 6.41. The van der Waals surface area contributed by atoms with Crippen molar-refractivity contribution in [1.82, 2.24) is 5.32 Å². The van der Waals surface area contributed by atoms with Crippen LogP contribution in [0.15, 0.2) is 23.9 Å². The lowest BCUT2D eigenvalue weighted by atomic mass is 9.95. The molecule has 0 saturated heterocycles. The van der Waals surface area contributed by atoms with Crippen molar-refractivity contribution in [2.45, 2.75) is 64.8 Å². The molecular formula is C14H25N. The second-order valence-corrected chi connectivity index (χ2v) is 4.51. The number of allylic oxidation sites excluding steroid dienone is 3. The van der Waals surface area contributed by atoms with E-state index in [2.05, 4.69) is 31.8 Å². The first kappa shape index (κ1) is 12.4. The molecule has 0 aromatic rings. The summed E-state index contributed by atoms with van der Waals surface area (Å²) < 4.78 is 0. The van der Waals surface area contributed by atoms with Gasteiger partial charge in [0, 0.05) is 11.7 Å². The van der Waals surface area contributed by atoms with Gasteiger partial charge >= 0.3 is 0 Å². The van der Waals surface area contributed by atoms with E-state index in [1.165, 1.54) is 43.4 Å². The largest absolute Gasteiger partial charge is 0.386 e. The van der Waals surface area contributed by atoms with Crippen molar-refractivity contribution in [3.05, 3.63) is 23.9 Å². The third-order valence-electron chi connectivity index (χ3n) is 3.21. The molecular weight excluding hydrogens is 182 g/mol. The fourth-order valence-electron chi connectivity index (χ4n) is 2.10. The maximum atomic E-state index is 4.04. The minimum atomic E-state index is 0.717. The fourth-order valence-corrected chi connectivity index (χ4v) is 2.10. The summed E-state index contributed by atoms with van der Waals surface area (Å²) in [5.74, 6) is 0. The van der Waals surface area contributed by atoms with Crippen LogP contribution in [0.2, 0.25) is 0 Å². The van der Waals surface area contributed by atoms with Crippen molar-refractivity contribution in [1.29, 1.82) is 0 Å². The van der Waals surface area contributed by atoms with Gasteiger partial charge < -0.3 is 5.32 Å². The lowest BCUT2D eigenvalue weighted by molar-refractivity contribution is 0.393. The van der Waals surface area contributed by atoms with E-state index >= 15 is 0 Å². The van der Waals surface area contributed by atoms with Crippen LogP contribution in [0.25, 0.3) is 0 Å². The van der Waals surface area contributed by atoms with Gasteiger partial charge in [0.15, 0.2) is 0 Å². The molecule has 15 heavy (non-hydrogen) atoms. The molecule has 0 bridgehead atoms. The van der Waals surface area contributed by atoms with Crippen LogP contribution in [-0.4, -0.2) is 6.04 Å². The minimum Gasteiger partial charge on any atom is -0.386 e. The predicted octanol–water partition coefficient (Wildman–Crippen LogP) is 4.17. The topological polar surface area (TPSA) is 12.0 Å². The van der Waals surface area contributed by atoms with E-state index < -0.39 is 0 Å². The summed E-state index contributed by atoms with van der Waals surface area (Å²) in [6.07, 6.45) is 11.3. The van der Waals surface area contributed by atoms with Crippen LogP contribution in [0, 0.1) is 0 Å². The first-order chi connectivity index (χ1) is 7.26. The number of nitrogens with one attached hydrogen (secondary N) is 1. The maximum absolute atomic E-state index is 4.04. The Morgan fingerprint density at radius 1 is 1.20 bits per heavy atom. The van der Waals surface area contributed by atoms with E-state index in [1.54, 1.807) is 0 Å². The van der Waals surface area contributed by atoms with Gasteiger partial charge in [-0.1, -0.05) is 45.3 Å². The highest BCUT2D eigenvalue weighted by Gasteiger charge is 2.13. The molecule has 1 heteroatoms. The second kappa shape index (κ2) is 6.71.